The summed E-state index contributed by atoms with van der Waals surface area (Å²) in [7, 11) is 0. The molecule has 2 heteroatoms. The van der Waals surface area contributed by atoms with E-state index in [-0.39, 0.29) is 16.9 Å². The smallest absolute Gasteiger partial charge is 0.130 e. The van der Waals surface area contributed by atoms with Crippen LogP contribution in [0, 0.1) is 40.9 Å². The fourth-order valence-corrected chi connectivity index (χ4v) is 6.89. The summed E-state index contributed by atoms with van der Waals surface area (Å²) in [5.74, 6) is 4.65. The average Bonchev–Trinajstić information content (AvgIpc) is 2.80. The van der Waals surface area contributed by atoms with Crippen molar-refractivity contribution in [3.63, 3.8) is 0 Å². The van der Waals surface area contributed by atoms with E-state index in [4.69, 9.17) is 6.42 Å². The molecule has 0 aromatic heterocycles. The van der Waals surface area contributed by atoms with Gasteiger partial charge in [-0.1, -0.05) is 31.4 Å². The lowest BCUT2D eigenvalue weighted by molar-refractivity contribution is -0.0969. The van der Waals surface area contributed by atoms with Gasteiger partial charge in [-0.2, -0.15) is 0 Å². The summed E-state index contributed by atoms with van der Waals surface area (Å²) in [6.07, 6.45) is 16.1. The van der Waals surface area contributed by atoms with Crippen LogP contribution in [-0.4, -0.2) is 21.9 Å². The third kappa shape index (κ3) is 1.90. The molecule has 3 fully saturated rings. The first-order chi connectivity index (χ1) is 10.8. The van der Waals surface area contributed by atoms with Gasteiger partial charge in [0, 0.05) is 5.41 Å². The summed E-state index contributed by atoms with van der Waals surface area (Å²) >= 11 is 0. The summed E-state index contributed by atoms with van der Waals surface area (Å²) in [5, 5.41) is 21.0. The molecule has 2 N–H and O–H groups in total. The lowest BCUT2D eigenvalue weighted by Gasteiger charge is -2.58. The largest absolute Gasteiger partial charge is 0.393 e. The van der Waals surface area contributed by atoms with Crippen molar-refractivity contribution in [1.29, 1.82) is 0 Å². The van der Waals surface area contributed by atoms with Crippen molar-refractivity contribution in [1.82, 2.24) is 0 Å². The van der Waals surface area contributed by atoms with Crippen LogP contribution in [0.5, 0.6) is 0 Å². The quantitative estimate of drug-likeness (QED) is 0.529. The molecule has 23 heavy (non-hydrogen) atoms. The summed E-state index contributed by atoms with van der Waals surface area (Å²) < 4.78 is 0. The van der Waals surface area contributed by atoms with Gasteiger partial charge in [-0.25, -0.2) is 0 Å². The Morgan fingerprint density at radius 2 is 1.87 bits per heavy atom. The van der Waals surface area contributed by atoms with Gasteiger partial charge in [-0.05, 0) is 74.5 Å². The third-order valence-corrected chi connectivity index (χ3v) is 8.47. The van der Waals surface area contributed by atoms with Crippen LogP contribution in [0.1, 0.15) is 65.2 Å². The normalized spacial score (nSPS) is 55.2. The molecule has 0 saturated heterocycles. The molecule has 0 radical (unpaired) electrons. The first-order valence-corrected chi connectivity index (χ1v) is 9.42. The number of fused-ring (bicyclic) bond motifs is 5. The van der Waals surface area contributed by atoms with Crippen molar-refractivity contribution in [3.05, 3.63) is 11.6 Å². The van der Waals surface area contributed by atoms with Crippen LogP contribution in [0.15, 0.2) is 11.6 Å². The van der Waals surface area contributed by atoms with Crippen molar-refractivity contribution in [2.45, 2.75) is 76.9 Å². The number of hydrogen-bond donors (Lipinski definition) is 2. The maximum Gasteiger partial charge on any atom is 0.130 e. The maximum atomic E-state index is 11.0. The minimum Gasteiger partial charge on any atom is -0.393 e. The molecule has 0 unspecified atom stereocenters. The van der Waals surface area contributed by atoms with Gasteiger partial charge in [-0.3, -0.25) is 0 Å². The van der Waals surface area contributed by atoms with Gasteiger partial charge in [0.25, 0.3) is 0 Å². The minimum atomic E-state index is -0.906. The monoisotopic (exact) mass is 314 g/mol. The molecule has 2 nitrogen and oxygen atoms in total. The van der Waals surface area contributed by atoms with E-state index in [1.807, 2.05) is 0 Å². The van der Waals surface area contributed by atoms with Crippen LogP contribution >= 0.6 is 0 Å². The highest BCUT2D eigenvalue weighted by Gasteiger charge is 2.63. The zero-order chi connectivity index (χ0) is 16.5. The highest BCUT2D eigenvalue weighted by molar-refractivity contribution is 5.28. The van der Waals surface area contributed by atoms with E-state index in [9.17, 15) is 10.2 Å². The minimum absolute atomic E-state index is 0.112. The molecular formula is C21H30O2. The van der Waals surface area contributed by atoms with E-state index >= 15 is 0 Å². The van der Waals surface area contributed by atoms with Crippen LogP contribution in [0.4, 0.5) is 0 Å². The summed E-state index contributed by atoms with van der Waals surface area (Å²) in [4.78, 5) is 0. The Bertz CT molecular complexity index is 587. The molecule has 0 aromatic carbocycles. The molecule has 0 spiro atoms. The number of aliphatic hydroxyl groups excluding tert-OH is 1. The predicted molar refractivity (Wildman–Crippen MR) is 91.5 cm³/mol. The second-order valence-electron chi connectivity index (χ2n) is 9.16. The molecular weight excluding hydrogens is 284 g/mol. The molecule has 0 aromatic rings. The fraction of sp³-hybridized carbons (Fsp3) is 0.810. The Kier molecular flexibility index (Phi) is 3.33. The van der Waals surface area contributed by atoms with Gasteiger partial charge in [0.2, 0.25) is 0 Å². The predicted octanol–water partition coefficient (Wildman–Crippen LogP) is 3.67. The lowest BCUT2D eigenvalue weighted by Crippen LogP contribution is -2.54. The Hall–Kier alpha value is -0.780. The van der Waals surface area contributed by atoms with Crippen LogP contribution in [0.3, 0.4) is 0 Å². The lowest BCUT2D eigenvalue weighted by atomic mass is 9.47. The second kappa shape index (κ2) is 4.87. The molecule has 4 aliphatic carbocycles. The van der Waals surface area contributed by atoms with Gasteiger partial charge in [0.15, 0.2) is 0 Å². The van der Waals surface area contributed by atoms with Gasteiger partial charge in [-0.15, -0.1) is 6.42 Å². The van der Waals surface area contributed by atoms with Crippen LogP contribution < -0.4 is 0 Å². The first kappa shape index (κ1) is 15.7. The standard InChI is InChI=1S/C21H30O2/c1-4-21(23)12-9-18-16-6-5-14-13-15(22)7-10-19(14,2)17(16)8-11-20(18,21)3/h1,5,15-18,22-23H,6-13H2,2-3H3/t15-,16+,17-,18+,19+,20+,21-/m0/s1. The van der Waals surface area contributed by atoms with Crippen LogP contribution in [-0.2, 0) is 0 Å². The first-order valence-electron chi connectivity index (χ1n) is 9.42. The summed E-state index contributed by atoms with van der Waals surface area (Å²) in [5.41, 5.74) is 0.751. The van der Waals surface area contributed by atoms with Crippen molar-refractivity contribution >= 4 is 0 Å². The molecule has 4 rings (SSSR count). The second-order valence-corrected chi connectivity index (χ2v) is 9.16. The summed E-state index contributed by atoms with van der Waals surface area (Å²) in [6.45, 7) is 4.68. The number of hydrogen-bond acceptors (Lipinski definition) is 2. The van der Waals surface area contributed by atoms with Crippen LogP contribution in [0.2, 0.25) is 0 Å². The Labute approximate surface area is 140 Å². The molecule has 126 valence electrons. The van der Waals surface area contributed by atoms with Crippen molar-refractivity contribution in [2.24, 2.45) is 28.6 Å². The van der Waals surface area contributed by atoms with E-state index < -0.39 is 5.60 Å². The molecule has 3 saturated carbocycles. The van der Waals surface area contributed by atoms with Gasteiger partial charge < -0.3 is 10.2 Å². The molecule has 0 amide bonds. The van der Waals surface area contributed by atoms with E-state index in [0.29, 0.717) is 17.8 Å². The fourth-order valence-electron chi connectivity index (χ4n) is 6.89. The van der Waals surface area contributed by atoms with Crippen LogP contribution in [0.25, 0.3) is 0 Å². The number of terminal acetylenes is 1. The topological polar surface area (TPSA) is 40.5 Å². The Morgan fingerprint density at radius 1 is 1.13 bits per heavy atom. The zero-order valence-electron chi connectivity index (χ0n) is 14.5. The van der Waals surface area contributed by atoms with E-state index in [2.05, 4.69) is 25.8 Å². The number of rotatable bonds is 0. The van der Waals surface area contributed by atoms with Gasteiger partial charge in [0.1, 0.15) is 5.60 Å². The van der Waals surface area contributed by atoms with Crippen molar-refractivity contribution in [2.75, 3.05) is 0 Å². The van der Waals surface area contributed by atoms with E-state index in [1.165, 1.54) is 12.0 Å². The molecule has 7 atom stereocenters. The van der Waals surface area contributed by atoms with E-state index in [1.54, 1.807) is 0 Å². The SMILES string of the molecule is C#C[C@]1(O)CC[C@@H]2[C@@H]3CC=C4C[C@@H](O)CC[C@@]4(C)[C@H]3CC[C@]21C. The number of aliphatic hydroxyl groups is 2. The zero-order valence-corrected chi connectivity index (χ0v) is 14.5. The van der Waals surface area contributed by atoms with Crippen molar-refractivity contribution < 1.29 is 10.2 Å². The summed E-state index contributed by atoms with van der Waals surface area (Å²) in [6, 6.07) is 0. The number of allylic oxidation sites excluding steroid dienone is 1. The molecule has 4 aliphatic rings. The Balaban J connectivity index is 1.69. The third-order valence-electron chi connectivity index (χ3n) is 8.47. The molecule has 0 aliphatic heterocycles. The molecule has 0 bridgehead atoms. The Morgan fingerprint density at radius 3 is 2.61 bits per heavy atom. The van der Waals surface area contributed by atoms with E-state index in [0.717, 1.165) is 44.9 Å². The molecule has 0 heterocycles. The van der Waals surface area contributed by atoms with Crippen molar-refractivity contribution in [3.8, 4) is 12.3 Å². The highest BCUT2D eigenvalue weighted by Crippen LogP contribution is 2.66. The highest BCUT2D eigenvalue weighted by atomic mass is 16.3. The van der Waals surface area contributed by atoms with Gasteiger partial charge >= 0.3 is 0 Å². The average molecular weight is 314 g/mol. The van der Waals surface area contributed by atoms with Gasteiger partial charge in [0.05, 0.1) is 6.10 Å². The maximum absolute atomic E-state index is 11.0.